The van der Waals surface area contributed by atoms with E-state index in [1.54, 1.807) is 6.92 Å². The lowest BCUT2D eigenvalue weighted by Gasteiger charge is -2.32. The second-order valence-electron chi connectivity index (χ2n) is 4.80. The van der Waals surface area contributed by atoms with Gasteiger partial charge >= 0.3 is 5.97 Å². The minimum absolute atomic E-state index is 0.0377. The van der Waals surface area contributed by atoms with Crippen LogP contribution in [0.1, 0.15) is 59.8 Å². The van der Waals surface area contributed by atoms with E-state index in [1.165, 1.54) is 0 Å². The highest BCUT2D eigenvalue weighted by molar-refractivity contribution is 5.78. The van der Waals surface area contributed by atoms with Gasteiger partial charge in [-0.1, -0.05) is 27.7 Å². The van der Waals surface area contributed by atoms with Gasteiger partial charge in [0.2, 0.25) is 5.91 Å². The quantitative estimate of drug-likeness (QED) is 0.688. The fourth-order valence-corrected chi connectivity index (χ4v) is 2.05. The van der Waals surface area contributed by atoms with Gasteiger partial charge in [-0.25, -0.2) is 0 Å². The van der Waals surface area contributed by atoms with Crippen LogP contribution in [-0.2, 0) is 9.59 Å². The van der Waals surface area contributed by atoms with Crippen molar-refractivity contribution in [1.82, 2.24) is 5.32 Å². The molecule has 1 amide bonds. The maximum absolute atomic E-state index is 11.8. The van der Waals surface area contributed by atoms with Gasteiger partial charge in [-0.2, -0.15) is 0 Å². The van der Waals surface area contributed by atoms with Crippen LogP contribution >= 0.6 is 0 Å². The summed E-state index contributed by atoms with van der Waals surface area (Å²) in [6, 6.07) is 0. The van der Waals surface area contributed by atoms with Gasteiger partial charge in [0.1, 0.15) is 0 Å². The number of aliphatic carboxylic acids is 1. The normalized spacial score (nSPS) is 13.2. The molecule has 0 aliphatic heterocycles. The van der Waals surface area contributed by atoms with Crippen LogP contribution in [0.15, 0.2) is 0 Å². The zero-order valence-corrected chi connectivity index (χ0v) is 11.4. The van der Waals surface area contributed by atoms with E-state index in [4.69, 9.17) is 5.11 Å². The lowest BCUT2D eigenvalue weighted by molar-refractivity contribution is -0.138. The maximum atomic E-state index is 11.8. The van der Waals surface area contributed by atoms with Crippen LogP contribution in [0.2, 0.25) is 0 Å². The highest BCUT2D eigenvalue weighted by Gasteiger charge is 2.26. The molecule has 0 aromatic carbocycles. The molecule has 100 valence electrons. The van der Waals surface area contributed by atoms with Crippen LogP contribution in [0.3, 0.4) is 0 Å². The third-order valence-electron chi connectivity index (χ3n) is 3.49. The third-order valence-corrected chi connectivity index (χ3v) is 3.49. The van der Waals surface area contributed by atoms with Gasteiger partial charge in [-0.3, -0.25) is 9.59 Å². The van der Waals surface area contributed by atoms with Crippen LogP contribution in [0.4, 0.5) is 0 Å². The molecule has 0 saturated carbocycles. The Morgan fingerprint density at radius 1 is 1.12 bits per heavy atom. The average Bonchev–Trinajstić information content (AvgIpc) is 2.24. The monoisotopic (exact) mass is 243 g/mol. The molecule has 1 atom stereocenters. The van der Waals surface area contributed by atoms with Crippen LogP contribution < -0.4 is 5.32 Å². The minimum Gasteiger partial charge on any atom is -0.481 e. The van der Waals surface area contributed by atoms with E-state index in [1.807, 2.05) is 0 Å². The van der Waals surface area contributed by atoms with Gasteiger partial charge in [0.25, 0.3) is 0 Å². The Bertz CT molecular complexity index is 251. The summed E-state index contributed by atoms with van der Waals surface area (Å²) in [6.45, 7) is 7.98. The first kappa shape index (κ1) is 15.9. The van der Waals surface area contributed by atoms with E-state index in [2.05, 4.69) is 26.1 Å². The summed E-state index contributed by atoms with van der Waals surface area (Å²) in [6.07, 6.45) is 3.04. The number of nitrogens with one attached hydrogen (secondary N) is 1. The molecule has 17 heavy (non-hydrogen) atoms. The third kappa shape index (κ3) is 5.71. The van der Waals surface area contributed by atoms with Gasteiger partial charge in [-0.05, 0) is 25.2 Å². The summed E-state index contributed by atoms with van der Waals surface area (Å²) in [5.74, 6) is -1.00. The first-order valence-electron chi connectivity index (χ1n) is 6.41. The van der Waals surface area contributed by atoms with Gasteiger partial charge in [0.15, 0.2) is 0 Å². The molecule has 0 bridgehead atoms. The molecule has 0 aromatic heterocycles. The number of rotatable bonds is 8. The second-order valence-corrected chi connectivity index (χ2v) is 4.80. The Morgan fingerprint density at radius 2 is 1.59 bits per heavy atom. The lowest BCUT2D eigenvalue weighted by Crippen LogP contribution is -2.47. The predicted molar refractivity (Wildman–Crippen MR) is 67.8 cm³/mol. The molecule has 0 aromatic rings. The van der Waals surface area contributed by atoms with Crippen molar-refractivity contribution in [1.29, 1.82) is 0 Å². The molecule has 0 aliphatic rings. The number of hydrogen-bond donors (Lipinski definition) is 2. The Morgan fingerprint density at radius 3 is 1.94 bits per heavy atom. The van der Waals surface area contributed by atoms with Gasteiger partial charge in [0.05, 0.1) is 0 Å². The fraction of sp³-hybridized carbons (Fsp3) is 0.846. The Balaban J connectivity index is 4.28. The molecular formula is C13H25NO3. The van der Waals surface area contributed by atoms with Gasteiger partial charge in [-0.15, -0.1) is 0 Å². The SMILES string of the molecule is CCC(CC)(CC)NC(=O)CC(C)CC(=O)O. The molecule has 0 rings (SSSR count). The molecule has 0 heterocycles. The van der Waals surface area contributed by atoms with Crippen molar-refractivity contribution in [2.45, 2.75) is 65.3 Å². The van der Waals surface area contributed by atoms with Crippen LogP contribution in [0.25, 0.3) is 0 Å². The molecule has 0 spiro atoms. The number of carboxylic acid groups (broad SMARTS) is 1. The van der Waals surface area contributed by atoms with Crippen molar-refractivity contribution in [2.75, 3.05) is 0 Å². The fourth-order valence-electron chi connectivity index (χ4n) is 2.05. The molecule has 4 heteroatoms. The summed E-state index contributed by atoms with van der Waals surface area (Å²) in [4.78, 5) is 22.3. The average molecular weight is 243 g/mol. The first-order chi connectivity index (χ1) is 7.89. The number of amides is 1. The van der Waals surface area contributed by atoms with Crippen molar-refractivity contribution in [2.24, 2.45) is 5.92 Å². The van der Waals surface area contributed by atoms with E-state index in [0.29, 0.717) is 0 Å². The zero-order valence-electron chi connectivity index (χ0n) is 11.4. The molecule has 0 fully saturated rings. The van der Waals surface area contributed by atoms with Crippen LogP contribution in [-0.4, -0.2) is 22.5 Å². The van der Waals surface area contributed by atoms with E-state index >= 15 is 0 Å². The molecule has 0 saturated heterocycles. The predicted octanol–water partition coefficient (Wildman–Crippen LogP) is 2.57. The highest BCUT2D eigenvalue weighted by Crippen LogP contribution is 2.20. The first-order valence-corrected chi connectivity index (χ1v) is 6.41. The second kappa shape index (κ2) is 7.30. The molecule has 0 aliphatic carbocycles. The molecule has 0 radical (unpaired) electrons. The van der Waals surface area contributed by atoms with Crippen molar-refractivity contribution >= 4 is 11.9 Å². The Hall–Kier alpha value is -1.06. The van der Waals surface area contributed by atoms with Crippen molar-refractivity contribution in [3.05, 3.63) is 0 Å². The number of carbonyl (C=O) groups excluding carboxylic acids is 1. The van der Waals surface area contributed by atoms with Crippen molar-refractivity contribution in [3.8, 4) is 0 Å². The van der Waals surface area contributed by atoms with Crippen molar-refractivity contribution < 1.29 is 14.7 Å². The van der Waals surface area contributed by atoms with Gasteiger partial charge in [0, 0.05) is 18.4 Å². The summed E-state index contributed by atoms with van der Waals surface area (Å²) in [5, 5.41) is 11.7. The van der Waals surface area contributed by atoms with Crippen molar-refractivity contribution in [3.63, 3.8) is 0 Å². The van der Waals surface area contributed by atoms with Gasteiger partial charge < -0.3 is 10.4 Å². The zero-order chi connectivity index (χ0) is 13.5. The summed E-state index contributed by atoms with van der Waals surface area (Å²) >= 11 is 0. The number of hydrogen-bond acceptors (Lipinski definition) is 2. The maximum Gasteiger partial charge on any atom is 0.303 e. The van der Waals surface area contributed by atoms with E-state index < -0.39 is 5.97 Å². The summed E-state index contributed by atoms with van der Waals surface area (Å²) < 4.78 is 0. The standard InChI is InChI=1S/C13H25NO3/c1-5-13(6-2,7-3)14-11(15)8-10(4)9-12(16)17/h10H,5-9H2,1-4H3,(H,14,15)(H,16,17). The largest absolute Gasteiger partial charge is 0.481 e. The van der Waals surface area contributed by atoms with Crippen LogP contribution in [0.5, 0.6) is 0 Å². The smallest absolute Gasteiger partial charge is 0.303 e. The molecule has 1 unspecified atom stereocenters. The minimum atomic E-state index is -0.849. The number of carboxylic acids is 1. The van der Waals surface area contributed by atoms with E-state index in [9.17, 15) is 9.59 Å². The highest BCUT2D eigenvalue weighted by atomic mass is 16.4. The lowest BCUT2D eigenvalue weighted by atomic mass is 9.89. The molecular weight excluding hydrogens is 218 g/mol. The van der Waals surface area contributed by atoms with Crippen LogP contribution in [0, 0.1) is 5.92 Å². The Kier molecular flexibility index (Phi) is 6.85. The summed E-state index contributed by atoms with van der Waals surface area (Å²) in [5.41, 5.74) is -0.125. The number of carbonyl (C=O) groups is 2. The topological polar surface area (TPSA) is 66.4 Å². The summed E-state index contributed by atoms with van der Waals surface area (Å²) in [7, 11) is 0. The molecule has 2 N–H and O–H groups in total. The molecule has 4 nitrogen and oxygen atoms in total. The van der Waals surface area contributed by atoms with E-state index in [0.717, 1.165) is 19.3 Å². The van der Waals surface area contributed by atoms with E-state index in [-0.39, 0.29) is 30.2 Å². The Labute approximate surface area is 104 Å².